The Balaban J connectivity index is 1.87. The summed E-state index contributed by atoms with van der Waals surface area (Å²) in [6.07, 6.45) is 22.8. The van der Waals surface area contributed by atoms with Gasteiger partial charge in [0.2, 0.25) is 0 Å². The quantitative estimate of drug-likeness (QED) is 0.0125. The highest BCUT2D eigenvalue weighted by Gasteiger charge is 2.46. The summed E-state index contributed by atoms with van der Waals surface area (Å²) >= 11 is 0. The number of unbranched alkanes of at least 4 members (excludes halogenated alkanes) is 10. The number of aliphatic hydroxyl groups is 3. The standard InChI is InChI=1S/C45H75N3O16P2/c1-4-5-6-7-8-9-12-16-21-26-36(49)27-22-17-14-19-23-28-40(50)59-32-37(62-41(51)29-24-18-13-10-11-15-20-25-35(2)3)33-60-65(55,56)64-66(57,58)61-34-38-42(52)43(53)44(63-38)48-31-30-39(46)47-45(48)54/h8-9,14,16-17,21-22,27,30-31,35-38,42-44,49,52-53H,4-7,10-13,15,18-20,23-26,28-29,32-34H2,1-3H3,(H,55,56)(H,57,58)(H2,46,47,54)/b9-8-,17-14+,21-16-,27-22-/t36?,37-,38-,42-,43-,44-/m1/s1. The van der Waals surface area contributed by atoms with Gasteiger partial charge >= 0.3 is 33.3 Å². The lowest BCUT2D eigenvalue weighted by Crippen LogP contribution is -2.36. The zero-order valence-corrected chi connectivity index (χ0v) is 40.5. The number of allylic oxidation sites excluding steroid dienone is 6. The van der Waals surface area contributed by atoms with Gasteiger partial charge in [0.1, 0.15) is 30.7 Å². The van der Waals surface area contributed by atoms with Crippen LogP contribution in [0.4, 0.5) is 5.82 Å². The van der Waals surface area contributed by atoms with E-state index in [-0.39, 0.29) is 18.7 Å². The molecule has 0 spiro atoms. The maximum Gasteiger partial charge on any atom is 0.481 e. The Bertz CT molecular complexity index is 1820. The molecule has 0 radical (unpaired) electrons. The maximum atomic E-state index is 12.8. The van der Waals surface area contributed by atoms with Gasteiger partial charge in [0, 0.05) is 19.0 Å². The van der Waals surface area contributed by atoms with Gasteiger partial charge in [-0.25, -0.2) is 13.9 Å². The van der Waals surface area contributed by atoms with E-state index < -0.39 is 89.8 Å². The molecule has 0 aromatic carbocycles. The van der Waals surface area contributed by atoms with Gasteiger partial charge in [-0.05, 0) is 56.9 Å². The molecule has 376 valence electrons. The number of carbonyl (C=O) groups is 2. The summed E-state index contributed by atoms with van der Waals surface area (Å²) in [5.74, 6) is -0.766. The Kier molecular flexibility index (Phi) is 29.6. The minimum atomic E-state index is -5.44. The lowest BCUT2D eigenvalue weighted by molar-refractivity contribution is -0.161. The van der Waals surface area contributed by atoms with Crippen molar-refractivity contribution in [2.24, 2.45) is 5.92 Å². The zero-order chi connectivity index (χ0) is 48.8. The molecule has 1 aliphatic rings. The number of nitrogens with two attached hydrogens (primary N) is 1. The normalized spacial score (nSPS) is 20.7. The molecule has 19 nitrogen and oxygen atoms in total. The second kappa shape index (κ2) is 33.2. The van der Waals surface area contributed by atoms with Crippen LogP contribution >= 0.6 is 15.6 Å². The third kappa shape index (κ3) is 26.9. The molecule has 7 N–H and O–H groups in total. The molecule has 1 aliphatic heterocycles. The molecule has 0 aliphatic carbocycles. The summed E-state index contributed by atoms with van der Waals surface area (Å²) in [5, 5.41) is 31.0. The number of carbonyl (C=O) groups excluding carboxylic acids is 2. The fourth-order valence-corrected chi connectivity index (χ4v) is 8.62. The second-order valence-electron chi connectivity index (χ2n) is 16.6. The first-order chi connectivity index (χ1) is 31.4. The Morgan fingerprint density at radius 2 is 1.52 bits per heavy atom. The third-order valence-corrected chi connectivity index (χ3v) is 12.8. The van der Waals surface area contributed by atoms with Gasteiger partial charge in [-0.15, -0.1) is 0 Å². The number of anilines is 1. The fourth-order valence-electron chi connectivity index (χ4n) is 6.51. The average molecular weight is 976 g/mol. The number of aromatic nitrogens is 2. The minimum absolute atomic E-state index is 0.00899. The highest BCUT2D eigenvalue weighted by atomic mass is 31.3. The second-order valence-corrected chi connectivity index (χ2v) is 19.6. The van der Waals surface area contributed by atoms with Crippen LogP contribution in [-0.2, 0) is 46.3 Å². The molecule has 2 rings (SSSR count). The summed E-state index contributed by atoms with van der Waals surface area (Å²) in [6, 6.07) is 1.24. The van der Waals surface area contributed by atoms with E-state index >= 15 is 0 Å². The lowest BCUT2D eigenvalue weighted by Gasteiger charge is -2.21. The van der Waals surface area contributed by atoms with Crippen molar-refractivity contribution in [1.82, 2.24) is 9.55 Å². The Morgan fingerprint density at radius 1 is 0.848 bits per heavy atom. The number of nitrogen functional groups attached to an aromatic ring is 1. The Morgan fingerprint density at radius 3 is 2.23 bits per heavy atom. The Hall–Kier alpha value is -3.32. The van der Waals surface area contributed by atoms with Gasteiger partial charge in [0.25, 0.3) is 0 Å². The lowest BCUT2D eigenvalue weighted by atomic mass is 10.0. The molecule has 0 bridgehead atoms. The number of rotatable bonds is 36. The van der Waals surface area contributed by atoms with Gasteiger partial charge in [-0.3, -0.25) is 23.2 Å². The number of hydrogen-bond acceptors (Lipinski definition) is 16. The number of ether oxygens (including phenoxy) is 3. The number of phosphoric acid groups is 2. The van der Waals surface area contributed by atoms with Gasteiger partial charge < -0.3 is 45.1 Å². The summed E-state index contributed by atoms with van der Waals surface area (Å²) in [4.78, 5) is 61.6. The molecule has 66 heavy (non-hydrogen) atoms. The SMILES string of the molecule is CCCCC/C=C\C/C=C\CC(O)/C=C\C=C\CCCC(=O)OC[C@H](COP(=O)(O)OP(=O)(O)OC[C@H]1O[C@@H](n2ccc(N)nc2=O)[C@H](O)[C@@H]1O)OC(=O)CCCCCCCCCC(C)C. The van der Waals surface area contributed by atoms with Crippen molar-refractivity contribution < 1.29 is 71.4 Å². The molecule has 0 saturated carbocycles. The molecule has 1 saturated heterocycles. The van der Waals surface area contributed by atoms with E-state index in [2.05, 4.69) is 42.2 Å². The summed E-state index contributed by atoms with van der Waals surface area (Å²) in [6.45, 7) is 4.16. The van der Waals surface area contributed by atoms with Crippen LogP contribution in [0.25, 0.3) is 0 Å². The van der Waals surface area contributed by atoms with E-state index in [0.717, 1.165) is 55.7 Å². The first-order valence-corrected chi connectivity index (χ1v) is 26.1. The molecule has 1 fully saturated rings. The Labute approximate surface area is 389 Å². The van der Waals surface area contributed by atoms with Crippen LogP contribution in [0.5, 0.6) is 0 Å². The van der Waals surface area contributed by atoms with E-state index in [0.29, 0.717) is 31.6 Å². The van der Waals surface area contributed by atoms with E-state index in [4.69, 9.17) is 29.0 Å². The number of esters is 2. The number of phosphoric ester groups is 2. The summed E-state index contributed by atoms with van der Waals surface area (Å²) in [5.41, 5.74) is 4.56. The highest BCUT2D eigenvalue weighted by Crippen LogP contribution is 2.60. The first-order valence-electron chi connectivity index (χ1n) is 23.1. The molecular formula is C45H75N3O16P2. The topological polar surface area (TPSA) is 286 Å². The molecule has 21 heteroatoms. The smallest absolute Gasteiger partial charge is 0.462 e. The van der Waals surface area contributed by atoms with Crippen LogP contribution < -0.4 is 11.4 Å². The van der Waals surface area contributed by atoms with Crippen LogP contribution in [0.2, 0.25) is 0 Å². The average Bonchev–Trinajstić information content (AvgIpc) is 3.53. The molecule has 2 heterocycles. The molecule has 0 amide bonds. The van der Waals surface area contributed by atoms with E-state index in [1.165, 1.54) is 38.2 Å². The van der Waals surface area contributed by atoms with E-state index in [1.54, 1.807) is 18.2 Å². The van der Waals surface area contributed by atoms with Crippen molar-refractivity contribution in [2.75, 3.05) is 25.6 Å². The molecule has 3 unspecified atom stereocenters. The van der Waals surface area contributed by atoms with Crippen molar-refractivity contribution in [1.29, 1.82) is 0 Å². The first kappa shape index (κ1) is 58.8. The summed E-state index contributed by atoms with van der Waals surface area (Å²) < 4.78 is 56.4. The van der Waals surface area contributed by atoms with Crippen LogP contribution in [0.1, 0.15) is 143 Å². The van der Waals surface area contributed by atoms with Gasteiger partial charge in [-0.2, -0.15) is 9.29 Å². The number of nitrogens with zero attached hydrogens (tertiary/aromatic N) is 2. The van der Waals surface area contributed by atoms with Gasteiger partial charge in [-0.1, -0.05) is 127 Å². The predicted octanol–water partition coefficient (Wildman–Crippen LogP) is 7.43. The largest absolute Gasteiger partial charge is 0.481 e. The molecule has 1 aromatic heterocycles. The fraction of sp³-hybridized carbons (Fsp3) is 0.689. The number of aliphatic hydroxyl groups excluding tert-OH is 3. The maximum absolute atomic E-state index is 12.8. The van der Waals surface area contributed by atoms with E-state index in [1.807, 2.05) is 18.2 Å². The van der Waals surface area contributed by atoms with Gasteiger partial charge in [0.05, 0.1) is 19.3 Å². The minimum Gasteiger partial charge on any atom is -0.462 e. The third-order valence-electron chi connectivity index (χ3n) is 10.2. The van der Waals surface area contributed by atoms with Crippen molar-refractivity contribution in [3.05, 3.63) is 71.4 Å². The van der Waals surface area contributed by atoms with Crippen molar-refractivity contribution >= 4 is 33.4 Å². The number of hydrogen-bond donors (Lipinski definition) is 6. The van der Waals surface area contributed by atoms with Crippen LogP contribution in [0.15, 0.2) is 65.7 Å². The van der Waals surface area contributed by atoms with Crippen molar-refractivity contribution in [3.63, 3.8) is 0 Å². The predicted molar refractivity (Wildman–Crippen MR) is 248 cm³/mol. The monoisotopic (exact) mass is 975 g/mol. The van der Waals surface area contributed by atoms with Crippen LogP contribution in [-0.4, -0.2) is 96.9 Å². The van der Waals surface area contributed by atoms with Crippen molar-refractivity contribution in [2.45, 2.75) is 173 Å². The molecular weight excluding hydrogens is 900 g/mol. The molecule has 8 atom stereocenters. The van der Waals surface area contributed by atoms with E-state index in [9.17, 15) is 48.6 Å². The zero-order valence-electron chi connectivity index (χ0n) is 38.8. The summed E-state index contributed by atoms with van der Waals surface area (Å²) in [7, 11) is -10.9. The van der Waals surface area contributed by atoms with Gasteiger partial charge in [0.15, 0.2) is 12.3 Å². The van der Waals surface area contributed by atoms with Crippen LogP contribution in [0.3, 0.4) is 0 Å². The highest BCUT2D eigenvalue weighted by molar-refractivity contribution is 7.61. The van der Waals surface area contributed by atoms with Crippen LogP contribution in [0, 0.1) is 5.92 Å². The van der Waals surface area contributed by atoms with Crippen molar-refractivity contribution in [3.8, 4) is 0 Å². The molecule has 1 aromatic rings.